The maximum absolute atomic E-state index is 5.51. The third-order valence-corrected chi connectivity index (χ3v) is 3.31. The van der Waals surface area contributed by atoms with Crippen molar-refractivity contribution in [3.05, 3.63) is 23.3 Å². The molecule has 0 saturated heterocycles. The third-order valence-electron chi connectivity index (χ3n) is 3.31. The van der Waals surface area contributed by atoms with Gasteiger partial charge < -0.3 is 9.47 Å². The first-order valence-corrected chi connectivity index (χ1v) is 5.53. The minimum Gasteiger partial charge on any atom is -0.353 e. The van der Waals surface area contributed by atoms with Crippen LogP contribution in [0.2, 0.25) is 0 Å². The van der Waals surface area contributed by atoms with E-state index in [1.165, 1.54) is 0 Å². The van der Waals surface area contributed by atoms with Gasteiger partial charge in [-0.2, -0.15) is 0 Å². The van der Waals surface area contributed by atoms with E-state index in [1.807, 2.05) is 13.1 Å². The van der Waals surface area contributed by atoms with Gasteiger partial charge in [-0.25, -0.2) is 9.97 Å². The summed E-state index contributed by atoms with van der Waals surface area (Å²) >= 11 is 0. The molecule has 0 amide bonds. The lowest BCUT2D eigenvalue weighted by molar-refractivity contribution is -0.215. The van der Waals surface area contributed by atoms with Gasteiger partial charge in [0.05, 0.1) is 5.69 Å². The smallest absolute Gasteiger partial charge is 0.172 e. The molecule has 0 saturated carbocycles. The Morgan fingerprint density at radius 3 is 2.69 bits per heavy atom. The van der Waals surface area contributed by atoms with Crippen LogP contribution in [-0.4, -0.2) is 30.0 Å². The molecule has 1 heterocycles. The van der Waals surface area contributed by atoms with Crippen LogP contribution in [0.3, 0.4) is 0 Å². The summed E-state index contributed by atoms with van der Waals surface area (Å²) < 4.78 is 11.0. The molecule has 0 radical (unpaired) electrons. The number of hydrogen-bond donors (Lipinski definition) is 0. The number of aromatic nitrogens is 2. The predicted molar refractivity (Wildman–Crippen MR) is 60.3 cm³/mol. The van der Waals surface area contributed by atoms with E-state index in [1.54, 1.807) is 14.2 Å². The average molecular weight is 222 g/mol. The minimum atomic E-state index is -0.509. The molecule has 1 aromatic heterocycles. The first-order valence-electron chi connectivity index (χ1n) is 5.53. The molecular formula is C12H18N2O2. The Hall–Kier alpha value is -1.00. The minimum absolute atomic E-state index is 0.338. The van der Waals surface area contributed by atoms with Crippen LogP contribution in [0.15, 0.2) is 6.20 Å². The zero-order valence-electron chi connectivity index (χ0n) is 10.3. The summed E-state index contributed by atoms with van der Waals surface area (Å²) in [5.41, 5.74) is 2.27. The highest BCUT2D eigenvalue weighted by molar-refractivity contribution is 5.26. The molecule has 0 aliphatic heterocycles. The Balaban J connectivity index is 2.40. The molecular weight excluding hydrogens is 204 g/mol. The lowest BCUT2D eigenvalue weighted by atomic mass is 9.84. The number of rotatable bonds is 2. The Kier molecular flexibility index (Phi) is 2.95. The van der Waals surface area contributed by atoms with Gasteiger partial charge in [0.15, 0.2) is 5.79 Å². The largest absolute Gasteiger partial charge is 0.353 e. The van der Waals surface area contributed by atoms with Gasteiger partial charge in [-0.05, 0) is 12.5 Å². The van der Waals surface area contributed by atoms with Gasteiger partial charge in [0.25, 0.3) is 0 Å². The molecule has 1 atom stereocenters. The van der Waals surface area contributed by atoms with Crippen LogP contribution in [0.4, 0.5) is 0 Å². The monoisotopic (exact) mass is 222 g/mol. The summed E-state index contributed by atoms with van der Waals surface area (Å²) in [4.78, 5) is 8.75. The maximum Gasteiger partial charge on any atom is 0.172 e. The molecule has 0 fully saturated rings. The van der Waals surface area contributed by atoms with E-state index < -0.39 is 5.79 Å². The van der Waals surface area contributed by atoms with E-state index >= 15 is 0 Å². The van der Waals surface area contributed by atoms with Crippen LogP contribution in [-0.2, 0) is 15.9 Å². The number of hydrogen-bond acceptors (Lipinski definition) is 4. The van der Waals surface area contributed by atoms with Gasteiger partial charge in [-0.3, -0.25) is 0 Å². The molecule has 1 aromatic rings. The van der Waals surface area contributed by atoms with Crippen LogP contribution in [0, 0.1) is 6.92 Å². The molecule has 0 bridgehead atoms. The third kappa shape index (κ3) is 1.83. The van der Waals surface area contributed by atoms with Crippen LogP contribution < -0.4 is 0 Å². The Morgan fingerprint density at radius 1 is 1.38 bits per heavy atom. The van der Waals surface area contributed by atoms with Crippen LogP contribution in [0.25, 0.3) is 0 Å². The molecule has 1 aliphatic carbocycles. The van der Waals surface area contributed by atoms with Crippen molar-refractivity contribution in [3.63, 3.8) is 0 Å². The fourth-order valence-corrected chi connectivity index (χ4v) is 2.40. The number of aryl methyl sites for hydroxylation is 1. The Morgan fingerprint density at radius 2 is 2.06 bits per heavy atom. The zero-order chi connectivity index (χ0) is 11.8. The Labute approximate surface area is 96.0 Å². The van der Waals surface area contributed by atoms with Gasteiger partial charge >= 0.3 is 0 Å². The van der Waals surface area contributed by atoms with Gasteiger partial charge in [-0.15, -0.1) is 0 Å². The molecule has 4 heteroatoms. The second-order valence-corrected chi connectivity index (χ2v) is 4.43. The van der Waals surface area contributed by atoms with E-state index in [4.69, 9.17) is 9.47 Å². The highest BCUT2D eigenvalue weighted by Crippen LogP contribution is 2.37. The summed E-state index contributed by atoms with van der Waals surface area (Å²) in [6.45, 7) is 4.07. The van der Waals surface area contributed by atoms with Gasteiger partial charge in [-0.1, -0.05) is 6.92 Å². The average Bonchev–Trinajstić information content (AvgIpc) is 2.30. The van der Waals surface area contributed by atoms with Gasteiger partial charge in [0.1, 0.15) is 5.82 Å². The molecule has 1 aliphatic rings. The number of fused-ring (bicyclic) bond motifs is 1. The standard InChI is InChI=1S/C12H18N2O2/c1-8-5-12(15-3,16-4)6-10-7-13-9(2)14-11(8)10/h7-8H,5-6H2,1-4H3. The second kappa shape index (κ2) is 4.11. The van der Waals surface area contributed by atoms with Crippen LogP contribution in [0.5, 0.6) is 0 Å². The molecule has 1 unspecified atom stereocenters. The molecule has 0 spiro atoms. The number of methoxy groups -OCH3 is 2. The van der Waals surface area contributed by atoms with Crippen molar-refractivity contribution in [1.82, 2.24) is 9.97 Å². The number of nitrogens with zero attached hydrogens (tertiary/aromatic N) is 2. The highest BCUT2D eigenvalue weighted by Gasteiger charge is 2.38. The van der Waals surface area contributed by atoms with Crippen molar-refractivity contribution in [1.29, 1.82) is 0 Å². The van der Waals surface area contributed by atoms with Crippen molar-refractivity contribution < 1.29 is 9.47 Å². The number of ether oxygens (including phenoxy) is 2. The maximum atomic E-state index is 5.51. The van der Waals surface area contributed by atoms with E-state index in [9.17, 15) is 0 Å². The van der Waals surface area contributed by atoms with Gasteiger partial charge in [0.2, 0.25) is 0 Å². The first kappa shape index (κ1) is 11.5. The van der Waals surface area contributed by atoms with Crippen molar-refractivity contribution in [2.45, 2.75) is 38.4 Å². The normalized spacial score (nSPS) is 22.9. The molecule has 0 N–H and O–H groups in total. The highest BCUT2D eigenvalue weighted by atomic mass is 16.7. The van der Waals surface area contributed by atoms with Crippen LogP contribution in [0.1, 0.15) is 36.3 Å². The summed E-state index contributed by atoms with van der Waals surface area (Å²) in [5, 5.41) is 0. The summed E-state index contributed by atoms with van der Waals surface area (Å²) in [7, 11) is 3.38. The lowest BCUT2D eigenvalue weighted by Gasteiger charge is -2.37. The van der Waals surface area contributed by atoms with Crippen molar-refractivity contribution >= 4 is 0 Å². The van der Waals surface area contributed by atoms with Crippen molar-refractivity contribution in [3.8, 4) is 0 Å². The van der Waals surface area contributed by atoms with E-state index in [2.05, 4.69) is 16.9 Å². The fraction of sp³-hybridized carbons (Fsp3) is 0.667. The summed E-state index contributed by atoms with van der Waals surface area (Å²) in [6.07, 6.45) is 3.45. The second-order valence-electron chi connectivity index (χ2n) is 4.43. The SMILES string of the molecule is COC1(OC)Cc2cnc(C)nc2C(C)C1. The molecule has 4 nitrogen and oxygen atoms in total. The van der Waals surface area contributed by atoms with Crippen molar-refractivity contribution in [2.75, 3.05) is 14.2 Å². The fourth-order valence-electron chi connectivity index (χ4n) is 2.40. The topological polar surface area (TPSA) is 44.2 Å². The van der Waals surface area contributed by atoms with Gasteiger partial charge in [0, 0.05) is 39.2 Å². The molecule has 16 heavy (non-hydrogen) atoms. The summed E-state index contributed by atoms with van der Waals surface area (Å²) in [6, 6.07) is 0. The molecule has 88 valence electrons. The zero-order valence-corrected chi connectivity index (χ0v) is 10.3. The van der Waals surface area contributed by atoms with E-state index in [0.29, 0.717) is 5.92 Å². The summed E-state index contributed by atoms with van der Waals surface area (Å²) in [5.74, 6) is 0.656. The van der Waals surface area contributed by atoms with E-state index in [0.717, 1.165) is 29.9 Å². The molecule has 2 rings (SSSR count). The Bertz CT molecular complexity index is 389. The predicted octanol–water partition coefficient (Wildman–Crippen LogP) is 1.82. The van der Waals surface area contributed by atoms with E-state index in [-0.39, 0.29) is 0 Å². The van der Waals surface area contributed by atoms with Crippen molar-refractivity contribution in [2.24, 2.45) is 0 Å². The quantitative estimate of drug-likeness (QED) is 0.716. The van der Waals surface area contributed by atoms with Crippen LogP contribution >= 0.6 is 0 Å². The lowest BCUT2D eigenvalue weighted by Crippen LogP contribution is -2.41. The molecule has 0 aromatic carbocycles. The first-order chi connectivity index (χ1) is 7.60.